The fourth-order valence-electron chi connectivity index (χ4n) is 4.44. The second-order valence-corrected chi connectivity index (χ2v) is 8.21. The number of amides is 1. The molecule has 0 aromatic heterocycles. The Bertz CT molecular complexity index is 1020. The molecule has 1 aliphatic heterocycles. The molecule has 1 heterocycles. The zero-order chi connectivity index (χ0) is 21.0. The van der Waals surface area contributed by atoms with Crippen LogP contribution in [0.2, 0.25) is 0 Å². The summed E-state index contributed by atoms with van der Waals surface area (Å²) in [6.45, 7) is 1.22. The van der Waals surface area contributed by atoms with Gasteiger partial charge >= 0.3 is 0 Å². The molecule has 3 aromatic rings. The standard InChI is InChI=1S/C26H26FNO2/c27-24-13-5-4-12-23(24)21-10-6-11-22(16-21)25(30)28-15-7-14-26(18-28,19-29)17-20-8-2-1-3-9-20/h1-6,8-13,16,29H,7,14-15,17-19H2/t26-/m1/s1. The van der Waals surface area contributed by atoms with Gasteiger partial charge in [0.15, 0.2) is 0 Å². The maximum atomic E-state index is 14.2. The molecule has 0 unspecified atom stereocenters. The summed E-state index contributed by atoms with van der Waals surface area (Å²) in [7, 11) is 0. The summed E-state index contributed by atoms with van der Waals surface area (Å²) in [5, 5.41) is 10.2. The molecule has 1 fully saturated rings. The average molecular weight is 403 g/mol. The minimum atomic E-state index is -0.335. The third-order valence-electron chi connectivity index (χ3n) is 6.00. The van der Waals surface area contributed by atoms with E-state index in [9.17, 15) is 14.3 Å². The number of aliphatic hydroxyl groups excluding tert-OH is 1. The first-order chi connectivity index (χ1) is 14.6. The predicted octanol–water partition coefficient (Wildman–Crippen LogP) is 4.95. The molecular weight excluding hydrogens is 377 g/mol. The van der Waals surface area contributed by atoms with Gasteiger partial charge in [-0.3, -0.25) is 4.79 Å². The Morgan fingerprint density at radius 3 is 2.53 bits per heavy atom. The maximum absolute atomic E-state index is 14.2. The molecule has 154 valence electrons. The van der Waals surface area contributed by atoms with Crippen LogP contribution in [0.25, 0.3) is 11.1 Å². The molecule has 4 heteroatoms. The second kappa shape index (κ2) is 8.80. The van der Waals surface area contributed by atoms with Crippen molar-refractivity contribution in [3.8, 4) is 11.1 Å². The van der Waals surface area contributed by atoms with Crippen LogP contribution in [0, 0.1) is 11.2 Å². The summed E-state index contributed by atoms with van der Waals surface area (Å²) < 4.78 is 14.2. The molecule has 3 nitrogen and oxygen atoms in total. The number of hydrogen-bond donors (Lipinski definition) is 1. The van der Waals surface area contributed by atoms with E-state index in [1.807, 2.05) is 29.2 Å². The van der Waals surface area contributed by atoms with Gasteiger partial charge in [-0.25, -0.2) is 4.39 Å². The lowest BCUT2D eigenvalue weighted by Crippen LogP contribution is -2.49. The molecule has 1 aliphatic rings. The minimum Gasteiger partial charge on any atom is -0.396 e. The van der Waals surface area contributed by atoms with Crippen molar-refractivity contribution in [2.45, 2.75) is 19.3 Å². The Balaban J connectivity index is 1.56. The average Bonchev–Trinajstić information content (AvgIpc) is 2.80. The molecule has 0 radical (unpaired) electrons. The molecule has 1 saturated heterocycles. The molecule has 3 aromatic carbocycles. The van der Waals surface area contributed by atoms with Crippen LogP contribution in [0.4, 0.5) is 4.39 Å². The van der Waals surface area contributed by atoms with E-state index in [1.54, 1.807) is 36.4 Å². The summed E-state index contributed by atoms with van der Waals surface area (Å²) in [6, 6.07) is 23.8. The van der Waals surface area contributed by atoms with E-state index in [1.165, 1.54) is 11.6 Å². The Morgan fingerprint density at radius 2 is 1.77 bits per heavy atom. The normalized spacial score (nSPS) is 18.9. The zero-order valence-corrected chi connectivity index (χ0v) is 16.9. The van der Waals surface area contributed by atoms with E-state index in [4.69, 9.17) is 0 Å². The zero-order valence-electron chi connectivity index (χ0n) is 16.9. The number of likely N-dealkylation sites (tertiary alicyclic amines) is 1. The molecule has 1 amide bonds. The van der Waals surface area contributed by atoms with E-state index in [2.05, 4.69) is 12.1 Å². The lowest BCUT2D eigenvalue weighted by molar-refractivity contribution is 0.0272. The van der Waals surface area contributed by atoms with Crippen LogP contribution < -0.4 is 0 Å². The topological polar surface area (TPSA) is 40.5 Å². The third-order valence-corrected chi connectivity index (χ3v) is 6.00. The molecule has 4 rings (SSSR count). The van der Waals surface area contributed by atoms with Gasteiger partial charge in [0.25, 0.3) is 5.91 Å². The van der Waals surface area contributed by atoms with Gasteiger partial charge in [-0.05, 0) is 48.6 Å². The van der Waals surface area contributed by atoms with Crippen molar-refractivity contribution < 1.29 is 14.3 Å². The first-order valence-corrected chi connectivity index (χ1v) is 10.4. The van der Waals surface area contributed by atoms with Gasteiger partial charge in [0.1, 0.15) is 5.82 Å². The van der Waals surface area contributed by atoms with Crippen molar-refractivity contribution in [2.75, 3.05) is 19.7 Å². The molecule has 1 atom stereocenters. The van der Waals surface area contributed by atoms with Crippen molar-refractivity contribution in [1.82, 2.24) is 4.90 Å². The van der Waals surface area contributed by atoms with Crippen LogP contribution in [-0.4, -0.2) is 35.6 Å². The predicted molar refractivity (Wildman–Crippen MR) is 117 cm³/mol. The van der Waals surface area contributed by atoms with Crippen molar-refractivity contribution in [3.05, 3.63) is 95.8 Å². The highest BCUT2D eigenvalue weighted by Crippen LogP contribution is 2.34. The molecule has 0 spiro atoms. The smallest absolute Gasteiger partial charge is 0.253 e. The van der Waals surface area contributed by atoms with E-state index in [0.717, 1.165) is 19.3 Å². The van der Waals surface area contributed by atoms with Gasteiger partial charge in [-0.2, -0.15) is 0 Å². The van der Waals surface area contributed by atoms with Gasteiger partial charge in [0.05, 0.1) is 6.61 Å². The highest BCUT2D eigenvalue weighted by atomic mass is 19.1. The lowest BCUT2D eigenvalue weighted by Gasteiger charge is -2.42. The summed E-state index contributed by atoms with van der Waals surface area (Å²) in [5.74, 6) is -0.374. The van der Waals surface area contributed by atoms with E-state index < -0.39 is 0 Å². The monoisotopic (exact) mass is 403 g/mol. The highest BCUT2D eigenvalue weighted by Gasteiger charge is 2.37. The van der Waals surface area contributed by atoms with Crippen molar-refractivity contribution in [1.29, 1.82) is 0 Å². The van der Waals surface area contributed by atoms with Gasteiger partial charge in [0.2, 0.25) is 0 Å². The van der Waals surface area contributed by atoms with E-state index >= 15 is 0 Å². The number of benzene rings is 3. The number of piperidine rings is 1. The molecule has 1 N–H and O–H groups in total. The van der Waals surface area contributed by atoms with Crippen LogP contribution in [0.5, 0.6) is 0 Å². The Morgan fingerprint density at radius 1 is 1.00 bits per heavy atom. The highest BCUT2D eigenvalue weighted by molar-refractivity contribution is 5.95. The SMILES string of the molecule is O=C(c1cccc(-c2ccccc2F)c1)N1CCC[C@@](CO)(Cc2ccccc2)C1. The fraction of sp³-hybridized carbons (Fsp3) is 0.269. The maximum Gasteiger partial charge on any atom is 0.253 e. The van der Waals surface area contributed by atoms with E-state index in [-0.39, 0.29) is 23.7 Å². The molecular formula is C26H26FNO2. The van der Waals surface area contributed by atoms with Crippen LogP contribution >= 0.6 is 0 Å². The Labute approximate surface area is 176 Å². The number of carbonyl (C=O) groups is 1. The lowest BCUT2D eigenvalue weighted by atomic mass is 9.75. The van der Waals surface area contributed by atoms with Gasteiger partial charge in [-0.1, -0.05) is 60.7 Å². The number of carbonyl (C=O) groups excluding carboxylic acids is 1. The Hall–Kier alpha value is -2.98. The summed E-state index contributed by atoms with van der Waals surface area (Å²) in [5.41, 5.74) is 2.55. The van der Waals surface area contributed by atoms with Crippen LogP contribution in [0.15, 0.2) is 78.9 Å². The third kappa shape index (κ3) is 4.29. The number of hydrogen-bond acceptors (Lipinski definition) is 2. The van der Waals surface area contributed by atoms with Crippen molar-refractivity contribution in [3.63, 3.8) is 0 Å². The van der Waals surface area contributed by atoms with Crippen molar-refractivity contribution >= 4 is 5.91 Å². The second-order valence-electron chi connectivity index (χ2n) is 8.21. The summed E-state index contributed by atoms with van der Waals surface area (Å²) >= 11 is 0. The van der Waals surface area contributed by atoms with Crippen molar-refractivity contribution in [2.24, 2.45) is 5.41 Å². The van der Waals surface area contributed by atoms with Crippen LogP contribution in [-0.2, 0) is 6.42 Å². The number of aliphatic hydroxyl groups is 1. The molecule has 0 aliphatic carbocycles. The number of halogens is 1. The molecule has 0 saturated carbocycles. The summed E-state index contributed by atoms with van der Waals surface area (Å²) in [4.78, 5) is 15.1. The molecule has 0 bridgehead atoms. The number of nitrogens with zero attached hydrogens (tertiary/aromatic N) is 1. The fourth-order valence-corrected chi connectivity index (χ4v) is 4.44. The first kappa shape index (κ1) is 20.3. The van der Waals surface area contributed by atoms with Crippen LogP contribution in [0.1, 0.15) is 28.8 Å². The van der Waals surface area contributed by atoms with Crippen LogP contribution in [0.3, 0.4) is 0 Å². The first-order valence-electron chi connectivity index (χ1n) is 10.4. The van der Waals surface area contributed by atoms with E-state index in [0.29, 0.717) is 29.8 Å². The van der Waals surface area contributed by atoms with Gasteiger partial charge in [-0.15, -0.1) is 0 Å². The van der Waals surface area contributed by atoms with Gasteiger partial charge in [0, 0.05) is 29.6 Å². The minimum absolute atomic E-state index is 0.0426. The Kier molecular flexibility index (Phi) is 5.96. The summed E-state index contributed by atoms with van der Waals surface area (Å²) in [6.07, 6.45) is 2.48. The van der Waals surface area contributed by atoms with Gasteiger partial charge < -0.3 is 10.0 Å². The largest absolute Gasteiger partial charge is 0.396 e. The number of rotatable bonds is 5. The quantitative estimate of drug-likeness (QED) is 0.655. The molecule has 30 heavy (non-hydrogen) atoms.